The molecule has 0 amide bonds. The van der Waals surface area contributed by atoms with E-state index in [4.69, 9.17) is 4.74 Å². The third-order valence-corrected chi connectivity index (χ3v) is 4.57. The molecule has 2 nitrogen and oxygen atoms in total. The molecule has 0 saturated heterocycles. The summed E-state index contributed by atoms with van der Waals surface area (Å²) in [6.45, 7) is 2.98. The Morgan fingerprint density at radius 1 is 1.10 bits per heavy atom. The Hall–Kier alpha value is -1.02. The molecule has 21 heavy (non-hydrogen) atoms. The Bertz CT molecular complexity index is 402. The number of unbranched alkanes of at least 4 members (excludes halogenated alkanes) is 6. The molecule has 0 fully saturated rings. The van der Waals surface area contributed by atoms with Crippen LogP contribution in [0.2, 0.25) is 0 Å². The van der Waals surface area contributed by atoms with Gasteiger partial charge in [0.1, 0.15) is 5.75 Å². The minimum atomic E-state index is -0.217. The minimum Gasteiger partial charge on any atom is -0.493 e. The lowest BCUT2D eigenvalue weighted by atomic mass is 9.86. The first-order valence-corrected chi connectivity index (χ1v) is 8.72. The highest BCUT2D eigenvalue weighted by molar-refractivity contribution is 5.38. The van der Waals surface area contributed by atoms with Crippen LogP contribution in [0.3, 0.4) is 0 Å². The smallest absolute Gasteiger partial charge is 0.122 e. The van der Waals surface area contributed by atoms with Crippen molar-refractivity contribution in [3.05, 3.63) is 29.8 Å². The van der Waals surface area contributed by atoms with E-state index >= 15 is 0 Å². The molecule has 0 radical (unpaired) electrons. The molecule has 1 aliphatic rings. The SMILES string of the molecule is CCCCCCCCCC(O)C1CCOc2ccccc21. The second-order valence-electron chi connectivity index (χ2n) is 6.26. The summed E-state index contributed by atoms with van der Waals surface area (Å²) in [5.74, 6) is 1.22. The van der Waals surface area contributed by atoms with Gasteiger partial charge in [0.2, 0.25) is 0 Å². The summed E-state index contributed by atoms with van der Waals surface area (Å²) < 4.78 is 5.67. The lowest BCUT2D eigenvalue weighted by Gasteiger charge is -2.29. The van der Waals surface area contributed by atoms with Gasteiger partial charge >= 0.3 is 0 Å². The molecule has 0 aliphatic carbocycles. The van der Waals surface area contributed by atoms with Gasteiger partial charge in [-0.1, -0.05) is 70.1 Å². The largest absolute Gasteiger partial charge is 0.493 e. The number of aliphatic hydroxyl groups is 1. The normalized spacial score (nSPS) is 18.9. The highest BCUT2D eigenvalue weighted by atomic mass is 16.5. The van der Waals surface area contributed by atoms with Crippen molar-refractivity contribution in [1.82, 2.24) is 0 Å². The predicted octanol–water partition coefficient (Wildman–Crippen LogP) is 5.05. The summed E-state index contributed by atoms with van der Waals surface area (Å²) >= 11 is 0. The molecule has 2 atom stereocenters. The topological polar surface area (TPSA) is 29.5 Å². The second kappa shape index (κ2) is 9.09. The monoisotopic (exact) mass is 290 g/mol. The number of aliphatic hydroxyl groups excluding tert-OH is 1. The number of rotatable bonds is 9. The fourth-order valence-corrected chi connectivity index (χ4v) is 3.28. The van der Waals surface area contributed by atoms with Crippen LogP contribution in [0, 0.1) is 0 Å². The van der Waals surface area contributed by atoms with Gasteiger partial charge in [0, 0.05) is 5.92 Å². The summed E-state index contributed by atoms with van der Waals surface area (Å²) in [5.41, 5.74) is 1.19. The highest BCUT2D eigenvalue weighted by Gasteiger charge is 2.26. The standard InChI is InChI=1S/C19H30O2/c1-2-3-4-5-6-7-8-12-18(20)16-14-15-21-19-13-10-9-11-17(16)19/h9-11,13,16,18,20H,2-8,12,14-15H2,1H3. The third-order valence-electron chi connectivity index (χ3n) is 4.57. The molecular weight excluding hydrogens is 260 g/mol. The number of benzene rings is 1. The average Bonchev–Trinajstić information content (AvgIpc) is 2.53. The van der Waals surface area contributed by atoms with Crippen molar-refractivity contribution in [2.75, 3.05) is 6.61 Å². The van der Waals surface area contributed by atoms with Gasteiger partial charge < -0.3 is 9.84 Å². The molecule has 1 heterocycles. The molecule has 0 aromatic heterocycles. The van der Waals surface area contributed by atoms with Crippen molar-refractivity contribution in [3.63, 3.8) is 0 Å². The highest BCUT2D eigenvalue weighted by Crippen LogP contribution is 2.36. The first-order valence-electron chi connectivity index (χ1n) is 8.72. The van der Waals surface area contributed by atoms with Crippen LogP contribution in [0.4, 0.5) is 0 Å². The molecular formula is C19H30O2. The molecule has 1 N–H and O–H groups in total. The van der Waals surface area contributed by atoms with Gasteiger partial charge in [0.15, 0.2) is 0 Å². The number of hydrogen-bond donors (Lipinski definition) is 1. The molecule has 2 heteroatoms. The van der Waals surface area contributed by atoms with E-state index in [2.05, 4.69) is 13.0 Å². The molecule has 2 rings (SSSR count). The van der Waals surface area contributed by atoms with E-state index in [1.54, 1.807) is 0 Å². The minimum absolute atomic E-state index is 0.217. The lowest BCUT2D eigenvalue weighted by Crippen LogP contribution is -2.25. The summed E-state index contributed by atoms with van der Waals surface area (Å²) in [6, 6.07) is 8.17. The quantitative estimate of drug-likeness (QED) is 0.644. The van der Waals surface area contributed by atoms with Gasteiger partial charge in [-0.05, 0) is 24.5 Å². The van der Waals surface area contributed by atoms with Crippen LogP contribution in [-0.2, 0) is 0 Å². The van der Waals surface area contributed by atoms with Gasteiger partial charge in [-0.2, -0.15) is 0 Å². The first-order chi connectivity index (χ1) is 10.3. The van der Waals surface area contributed by atoms with Crippen LogP contribution in [-0.4, -0.2) is 17.8 Å². The summed E-state index contributed by atoms with van der Waals surface area (Å²) in [6.07, 6.45) is 10.8. The van der Waals surface area contributed by atoms with Crippen LogP contribution < -0.4 is 4.74 Å². The van der Waals surface area contributed by atoms with Crippen LogP contribution in [0.1, 0.15) is 76.2 Å². The molecule has 1 aliphatic heterocycles. The van der Waals surface area contributed by atoms with Gasteiger partial charge in [0.05, 0.1) is 12.7 Å². The molecule has 0 spiro atoms. The third kappa shape index (κ3) is 5.03. The van der Waals surface area contributed by atoms with E-state index in [1.165, 1.54) is 44.1 Å². The summed E-state index contributed by atoms with van der Waals surface area (Å²) in [7, 11) is 0. The zero-order chi connectivity index (χ0) is 14.9. The van der Waals surface area contributed by atoms with Crippen LogP contribution in [0.25, 0.3) is 0 Å². The van der Waals surface area contributed by atoms with E-state index < -0.39 is 0 Å². The first kappa shape index (κ1) is 16.4. The van der Waals surface area contributed by atoms with Gasteiger partial charge in [-0.15, -0.1) is 0 Å². The molecule has 2 unspecified atom stereocenters. The summed E-state index contributed by atoms with van der Waals surface area (Å²) in [4.78, 5) is 0. The molecule has 0 saturated carbocycles. The molecule has 1 aromatic carbocycles. The lowest BCUT2D eigenvalue weighted by molar-refractivity contribution is 0.106. The van der Waals surface area contributed by atoms with Crippen LogP contribution >= 0.6 is 0 Å². The number of para-hydroxylation sites is 1. The summed E-state index contributed by atoms with van der Waals surface area (Å²) in [5, 5.41) is 10.5. The molecule has 0 bridgehead atoms. The van der Waals surface area contributed by atoms with Crippen molar-refractivity contribution in [1.29, 1.82) is 0 Å². The second-order valence-corrected chi connectivity index (χ2v) is 6.26. The van der Waals surface area contributed by atoms with E-state index in [0.29, 0.717) is 0 Å². The van der Waals surface area contributed by atoms with E-state index in [0.717, 1.165) is 31.6 Å². The fraction of sp³-hybridized carbons (Fsp3) is 0.684. The van der Waals surface area contributed by atoms with Crippen molar-refractivity contribution in [2.45, 2.75) is 76.7 Å². The molecule has 1 aromatic rings. The number of fused-ring (bicyclic) bond motifs is 1. The average molecular weight is 290 g/mol. The maximum atomic E-state index is 10.5. The van der Waals surface area contributed by atoms with Gasteiger partial charge in [0.25, 0.3) is 0 Å². The zero-order valence-corrected chi connectivity index (χ0v) is 13.4. The Morgan fingerprint density at radius 2 is 1.81 bits per heavy atom. The number of hydrogen-bond acceptors (Lipinski definition) is 2. The van der Waals surface area contributed by atoms with Crippen LogP contribution in [0.15, 0.2) is 24.3 Å². The van der Waals surface area contributed by atoms with E-state index in [1.807, 2.05) is 18.2 Å². The van der Waals surface area contributed by atoms with Crippen molar-refractivity contribution in [3.8, 4) is 5.75 Å². The Labute approximate surface area is 129 Å². The number of ether oxygens (including phenoxy) is 1. The Kier molecular flexibility index (Phi) is 7.08. The predicted molar refractivity (Wildman–Crippen MR) is 87.9 cm³/mol. The van der Waals surface area contributed by atoms with E-state index in [-0.39, 0.29) is 12.0 Å². The molecule has 118 valence electrons. The van der Waals surface area contributed by atoms with E-state index in [9.17, 15) is 5.11 Å². The van der Waals surface area contributed by atoms with Gasteiger partial charge in [-0.25, -0.2) is 0 Å². The van der Waals surface area contributed by atoms with Crippen molar-refractivity contribution < 1.29 is 9.84 Å². The Morgan fingerprint density at radius 3 is 2.62 bits per heavy atom. The van der Waals surface area contributed by atoms with Crippen LogP contribution in [0.5, 0.6) is 5.75 Å². The maximum Gasteiger partial charge on any atom is 0.122 e. The zero-order valence-electron chi connectivity index (χ0n) is 13.4. The van der Waals surface area contributed by atoms with Crippen molar-refractivity contribution >= 4 is 0 Å². The van der Waals surface area contributed by atoms with Gasteiger partial charge in [-0.3, -0.25) is 0 Å². The fourth-order valence-electron chi connectivity index (χ4n) is 3.28. The van der Waals surface area contributed by atoms with Crippen molar-refractivity contribution in [2.24, 2.45) is 0 Å². The Balaban J connectivity index is 1.71. The maximum absolute atomic E-state index is 10.5.